The molecule has 0 heterocycles. The topological polar surface area (TPSA) is 108 Å². The Morgan fingerprint density at radius 3 is 2.67 bits per heavy atom. The van der Waals surface area contributed by atoms with Crippen LogP contribution in [0.25, 0.3) is 0 Å². The van der Waals surface area contributed by atoms with Crippen molar-refractivity contribution in [3.05, 3.63) is 69.5 Å². The van der Waals surface area contributed by atoms with Crippen LogP contribution in [0.5, 0.6) is 0 Å². The van der Waals surface area contributed by atoms with Gasteiger partial charge in [-0.25, -0.2) is 4.39 Å². The number of amides is 1. The molecule has 0 aliphatic rings. The molecule has 2 aromatic carbocycles. The van der Waals surface area contributed by atoms with Crippen molar-refractivity contribution in [2.45, 2.75) is 0 Å². The highest BCUT2D eigenvalue weighted by atomic mass is 19.1. The summed E-state index contributed by atoms with van der Waals surface area (Å²) >= 11 is 0. The summed E-state index contributed by atoms with van der Waals surface area (Å²) in [6.45, 7) is 0.460. The third-order valence-corrected chi connectivity index (χ3v) is 3.18. The number of nitrogens with one attached hydrogen (secondary N) is 2. The Labute approximate surface area is 136 Å². The van der Waals surface area contributed by atoms with Gasteiger partial charge in [-0.3, -0.25) is 14.9 Å². The number of nitriles is 1. The Hall–Kier alpha value is -3.47. The average Bonchev–Trinajstić information content (AvgIpc) is 2.58. The van der Waals surface area contributed by atoms with Crippen LogP contribution in [0.3, 0.4) is 0 Å². The molecule has 2 rings (SSSR count). The first-order chi connectivity index (χ1) is 11.5. The van der Waals surface area contributed by atoms with Crippen molar-refractivity contribution in [1.82, 2.24) is 5.32 Å². The van der Waals surface area contributed by atoms with Crippen LogP contribution >= 0.6 is 0 Å². The molecule has 0 bridgehead atoms. The average molecular weight is 328 g/mol. The van der Waals surface area contributed by atoms with E-state index in [1.54, 1.807) is 6.07 Å². The molecule has 7 nitrogen and oxygen atoms in total. The van der Waals surface area contributed by atoms with Gasteiger partial charge in [-0.05, 0) is 18.2 Å². The fourth-order valence-corrected chi connectivity index (χ4v) is 2.01. The summed E-state index contributed by atoms with van der Waals surface area (Å²) in [6.07, 6.45) is 0. The van der Waals surface area contributed by atoms with Crippen LogP contribution in [0.1, 0.15) is 15.9 Å². The fraction of sp³-hybridized carbons (Fsp3) is 0.125. The number of hydrogen-bond donors (Lipinski definition) is 2. The van der Waals surface area contributed by atoms with E-state index in [9.17, 15) is 19.3 Å². The predicted molar refractivity (Wildman–Crippen MR) is 85.0 cm³/mol. The SMILES string of the molecule is N#Cc1cc([N+](=O)[O-])ccc1NCCNC(=O)c1ccccc1F. The van der Waals surface area contributed by atoms with Gasteiger partial charge >= 0.3 is 0 Å². The molecule has 24 heavy (non-hydrogen) atoms. The molecule has 2 aromatic rings. The molecule has 0 spiro atoms. The molecule has 0 saturated heterocycles. The Kier molecular flexibility index (Phi) is 5.41. The van der Waals surface area contributed by atoms with E-state index in [4.69, 9.17) is 5.26 Å². The fourth-order valence-electron chi connectivity index (χ4n) is 2.01. The van der Waals surface area contributed by atoms with Gasteiger partial charge in [0.25, 0.3) is 11.6 Å². The highest BCUT2D eigenvalue weighted by molar-refractivity contribution is 5.94. The van der Waals surface area contributed by atoms with Crippen LogP contribution in [0.2, 0.25) is 0 Å². The number of rotatable bonds is 6. The first kappa shape index (κ1) is 16.9. The van der Waals surface area contributed by atoms with Gasteiger partial charge in [-0.15, -0.1) is 0 Å². The number of nitrogens with zero attached hydrogens (tertiary/aromatic N) is 2. The Balaban J connectivity index is 1.91. The lowest BCUT2D eigenvalue weighted by molar-refractivity contribution is -0.384. The van der Waals surface area contributed by atoms with Gasteiger partial charge < -0.3 is 10.6 Å². The zero-order chi connectivity index (χ0) is 17.5. The van der Waals surface area contributed by atoms with Crippen LogP contribution in [0.4, 0.5) is 15.8 Å². The quantitative estimate of drug-likeness (QED) is 0.481. The van der Waals surface area contributed by atoms with Crippen molar-refractivity contribution < 1.29 is 14.1 Å². The molecule has 0 radical (unpaired) electrons. The van der Waals surface area contributed by atoms with Crippen LogP contribution in [-0.2, 0) is 0 Å². The van der Waals surface area contributed by atoms with E-state index in [1.165, 1.54) is 36.4 Å². The van der Waals surface area contributed by atoms with E-state index in [-0.39, 0.29) is 29.9 Å². The van der Waals surface area contributed by atoms with Crippen molar-refractivity contribution in [3.63, 3.8) is 0 Å². The number of halogens is 1. The molecule has 0 aromatic heterocycles. The van der Waals surface area contributed by atoms with Crippen LogP contribution in [0, 0.1) is 27.3 Å². The maximum Gasteiger partial charge on any atom is 0.270 e. The second-order valence-electron chi connectivity index (χ2n) is 4.76. The van der Waals surface area contributed by atoms with E-state index < -0.39 is 16.6 Å². The lowest BCUT2D eigenvalue weighted by atomic mass is 10.1. The minimum absolute atomic E-state index is 0.0504. The second kappa shape index (κ2) is 7.69. The summed E-state index contributed by atoms with van der Waals surface area (Å²) in [5.41, 5.74) is 0.323. The summed E-state index contributed by atoms with van der Waals surface area (Å²) in [7, 11) is 0. The Morgan fingerprint density at radius 2 is 2.00 bits per heavy atom. The summed E-state index contributed by atoms with van der Waals surface area (Å²) in [4.78, 5) is 21.9. The summed E-state index contributed by atoms with van der Waals surface area (Å²) in [5.74, 6) is -1.15. The lowest BCUT2D eigenvalue weighted by Gasteiger charge is -2.09. The molecule has 0 saturated carbocycles. The maximum absolute atomic E-state index is 13.4. The number of hydrogen-bond acceptors (Lipinski definition) is 5. The number of nitro benzene ring substituents is 1. The zero-order valence-corrected chi connectivity index (χ0v) is 12.5. The smallest absolute Gasteiger partial charge is 0.270 e. The molecule has 8 heteroatoms. The summed E-state index contributed by atoms with van der Waals surface area (Å²) in [5, 5.41) is 25.1. The monoisotopic (exact) mass is 328 g/mol. The van der Waals surface area contributed by atoms with E-state index in [0.717, 1.165) is 0 Å². The number of anilines is 1. The van der Waals surface area contributed by atoms with Crippen molar-refractivity contribution >= 4 is 17.3 Å². The third kappa shape index (κ3) is 4.04. The molecular weight excluding hydrogens is 315 g/mol. The second-order valence-corrected chi connectivity index (χ2v) is 4.76. The summed E-state index contributed by atoms with van der Waals surface area (Å²) in [6, 6.07) is 11.4. The van der Waals surface area contributed by atoms with Gasteiger partial charge in [0.15, 0.2) is 0 Å². The molecule has 0 aliphatic heterocycles. The van der Waals surface area contributed by atoms with Gasteiger partial charge in [0.1, 0.15) is 11.9 Å². The Morgan fingerprint density at radius 1 is 1.25 bits per heavy atom. The van der Waals surface area contributed by atoms with E-state index in [0.29, 0.717) is 5.69 Å². The van der Waals surface area contributed by atoms with Crippen molar-refractivity contribution in [3.8, 4) is 6.07 Å². The number of carbonyl (C=O) groups is 1. The third-order valence-electron chi connectivity index (χ3n) is 3.18. The predicted octanol–water partition coefficient (Wildman–Crippen LogP) is 2.45. The molecule has 122 valence electrons. The number of nitro groups is 1. The molecule has 0 aliphatic carbocycles. The first-order valence-corrected chi connectivity index (χ1v) is 6.98. The first-order valence-electron chi connectivity index (χ1n) is 6.98. The molecule has 0 fully saturated rings. The minimum atomic E-state index is -0.606. The molecule has 1 amide bonds. The van der Waals surface area contributed by atoms with Crippen LogP contribution in [0.15, 0.2) is 42.5 Å². The largest absolute Gasteiger partial charge is 0.382 e. The molecule has 2 N–H and O–H groups in total. The Bertz CT molecular complexity index is 817. The normalized spacial score (nSPS) is 9.83. The van der Waals surface area contributed by atoms with Gasteiger partial charge in [-0.1, -0.05) is 12.1 Å². The zero-order valence-electron chi connectivity index (χ0n) is 12.5. The number of benzene rings is 2. The minimum Gasteiger partial charge on any atom is -0.382 e. The van der Waals surface area contributed by atoms with Crippen molar-refractivity contribution in [2.75, 3.05) is 18.4 Å². The molecule has 0 atom stereocenters. The van der Waals surface area contributed by atoms with Crippen LogP contribution < -0.4 is 10.6 Å². The number of non-ortho nitro benzene ring substituents is 1. The van der Waals surface area contributed by atoms with Gasteiger partial charge in [0.2, 0.25) is 0 Å². The molecular formula is C16H13FN4O3. The maximum atomic E-state index is 13.4. The van der Waals surface area contributed by atoms with E-state index >= 15 is 0 Å². The molecule has 0 unspecified atom stereocenters. The highest BCUT2D eigenvalue weighted by Gasteiger charge is 2.11. The van der Waals surface area contributed by atoms with Crippen molar-refractivity contribution in [1.29, 1.82) is 5.26 Å². The standard InChI is InChI=1S/C16H13FN4O3/c17-14-4-2-1-3-13(14)16(22)20-8-7-19-15-6-5-12(21(23)24)9-11(15)10-18/h1-6,9,19H,7-8H2,(H,20,22). The van der Waals surface area contributed by atoms with Gasteiger partial charge in [0.05, 0.1) is 21.7 Å². The highest BCUT2D eigenvalue weighted by Crippen LogP contribution is 2.21. The van der Waals surface area contributed by atoms with Crippen LogP contribution in [-0.4, -0.2) is 23.9 Å². The number of carbonyl (C=O) groups excluding carboxylic acids is 1. The van der Waals surface area contributed by atoms with Crippen molar-refractivity contribution in [2.24, 2.45) is 0 Å². The van der Waals surface area contributed by atoms with E-state index in [2.05, 4.69) is 10.6 Å². The van der Waals surface area contributed by atoms with Gasteiger partial charge in [-0.2, -0.15) is 5.26 Å². The summed E-state index contributed by atoms with van der Waals surface area (Å²) < 4.78 is 13.4. The lowest BCUT2D eigenvalue weighted by Crippen LogP contribution is -2.29. The van der Waals surface area contributed by atoms with E-state index in [1.807, 2.05) is 6.07 Å². The van der Waals surface area contributed by atoms with Gasteiger partial charge in [0, 0.05) is 25.2 Å².